The maximum atomic E-state index is 4.87. The van der Waals surface area contributed by atoms with Gasteiger partial charge in [0.15, 0.2) is 0 Å². The van der Waals surface area contributed by atoms with E-state index in [-0.39, 0.29) is 0 Å². The molecule has 26 heavy (non-hydrogen) atoms. The summed E-state index contributed by atoms with van der Waals surface area (Å²) in [7, 11) is 0. The van der Waals surface area contributed by atoms with E-state index in [0.29, 0.717) is 0 Å². The number of anilines is 1. The number of nitrogens with zero attached hydrogens (tertiary/aromatic N) is 5. The molecule has 5 rings (SSSR count). The van der Waals surface area contributed by atoms with Crippen molar-refractivity contribution >= 4 is 28.1 Å². The second-order valence-electron chi connectivity index (χ2n) is 6.17. The number of nitrogens with one attached hydrogen (secondary N) is 2. The third-order valence-corrected chi connectivity index (χ3v) is 5.35. The molecule has 8 heteroatoms. The molecule has 0 unspecified atom stereocenters. The molecule has 130 valence electrons. The fraction of sp³-hybridized carbons (Fsp3) is 0.222. The van der Waals surface area contributed by atoms with E-state index in [9.17, 15) is 0 Å². The largest absolute Gasteiger partial charge is 0.354 e. The predicted octanol–water partition coefficient (Wildman–Crippen LogP) is 2.55. The second-order valence-corrected chi connectivity index (χ2v) is 7.06. The standard InChI is InChI=1S/C18H17N7S/c1-2-13(22-17(3-1)25-6-4-19-5-7-25)18-12-8-14(16-10-20-11-26-16)21-9-15(12)23-24-18/h1-3,8-11,19H,4-7H2,(H,23,24). The summed E-state index contributed by atoms with van der Waals surface area (Å²) in [6.07, 6.45) is 3.66. The maximum absolute atomic E-state index is 4.87. The summed E-state index contributed by atoms with van der Waals surface area (Å²) in [5.41, 5.74) is 5.35. The van der Waals surface area contributed by atoms with E-state index in [1.54, 1.807) is 11.3 Å². The van der Waals surface area contributed by atoms with Crippen LogP contribution >= 0.6 is 11.3 Å². The van der Waals surface area contributed by atoms with Crippen molar-refractivity contribution in [2.24, 2.45) is 0 Å². The van der Waals surface area contributed by atoms with Gasteiger partial charge < -0.3 is 10.2 Å². The van der Waals surface area contributed by atoms with Crippen molar-refractivity contribution in [3.05, 3.63) is 42.2 Å². The van der Waals surface area contributed by atoms with Gasteiger partial charge in [-0.2, -0.15) is 5.10 Å². The number of aromatic amines is 1. The van der Waals surface area contributed by atoms with Crippen molar-refractivity contribution in [3.8, 4) is 22.0 Å². The van der Waals surface area contributed by atoms with Crippen LogP contribution in [-0.4, -0.2) is 51.3 Å². The number of hydrogen-bond acceptors (Lipinski definition) is 7. The molecule has 0 saturated carbocycles. The molecule has 2 N–H and O–H groups in total. The van der Waals surface area contributed by atoms with Crippen LogP contribution in [0.15, 0.2) is 42.2 Å². The van der Waals surface area contributed by atoms with Crippen LogP contribution in [0, 0.1) is 0 Å². The molecule has 1 aliphatic rings. The zero-order valence-electron chi connectivity index (χ0n) is 14.0. The van der Waals surface area contributed by atoms with Crippen LogP contribution in [-0.2, 0) is 0 Å². The Balaban J connectivity index is 1.57. The molecule has 0 aliphatic carbocycles. The average molecular weight is 363 g/mol. The van der Waals surface area contributed by atoms with Crippen LogP contribution in [0.5, 0.6) is 0 Å². The molecule has 1 fully saturated rings. The highest BCUT2D eigenvalue weighted by Crippen LogP contribution is 2.30. The number of rotatable bonds is 3. The van der Waals surface area contributed by atoms with E-state index in [1.165, 1.54) is 0 Å². The molecule has 1 aliphatic heterocycles. The molecule has 7 nitrogen and oxygen atoms in total. The number of pyridine rings is 2. The highest BCUT2D eigenvalue weighted by molar-refractivity contribution is 7.13. The van der Waals surface area contributed by atoms with E-state index in [4.69, 9.17) is 4.98 Å². The van der Waals surface area contributed by atoms with E-state index in [1.807, 2.05) is 30.0 Å². The first-order valence-electron chi connectivity index (χ1n) is 8.54. The van der Waals surface area contributed by atoms with Gasteiger partial charge in [0.25, 0.3) is 0 Å². The van der Waals surface area contributed by atoms with Crippen molar-refractivity contribution in [3.63, 3.8) is 0 Å². The monoisotopic (exact) mass is 363 g/mol. The lowest BCUT2D eigenvalue weighted by Gasteiger charge is -2.28. The zero-order chi connectivity index (χ0) is 17.3. The van der Waals surface area contributed by atoms with Gasteiger partial charge in [0.2, 0.25) is 0 Å². The number of hydrogen-bond donors (Lipinski definition) is 2. The molecule has 4 aromatic rings. The van der Waals surface area contributed by atoms with Gasteiger partial charge in [-0.05, 0) is 18.2 Å². The minimum Gasteiger partial charge on any atom is -0.354 e. The van der Waals surface area contributed by atoms with Crippen molar-refractivity contribution < 1.29 is 0 Å². The summed E-state index contributed by atoms with van der Waals surface area (Å²) in [6.45, 7) is 3.91. The third-order valence-electron chi connectivity index (χ3n) is 4.55. The number of thiazole rings is 1. The Kier molecular flexibility index (Phi) is 3.84. The Hall–Kier alpha value is -2.84. The van der Waals surface area contributed by atoms with E-state index >= 15 is 0 Å². The molecule has 0 radical (unpaired) electrons. The first-order chi connectivity index (χ1) is 12.9. The van der Waals surface area contributed by atoms with Gasteiger partial charge in [0.1, 0.15) is 11.5 Å². The summed E-state index contributed by atoms with van der Waals surface area (Å²) in [4.78, 5) is 16.9. The Morgan fingerprint density at radius 2 is 2.00 bits per heavy atom. The average Bonchev–Trinajstić information content (AvgIpc) is 3.38. The van der Waals surface area contributed by atoms with E-state index in [2.05, 4.69) is 42.5 Å². The van der Waals surface area contributed by atoms with Crippen LogP contribution in [0.1, 0.15) is 0 Å². The summed E-state index contributed by atoms with van der Waals surface area (Å²) >= 11 is 1.58. The number of aromatic nitrogens is 5. The van der Waals surface area contributed by atoms with Crippen LogP contribution in [0.4, 0.5) is 5.82 Å². The molecule has 0 atom stereocenters. The lowest BCUT2D eigenvalue weighted by molar-refractivity contribution is 0.585. The Labute approximate surface area is 154 Å². The highest BCUT2D eigenvalue weighted by Gasteiger charge is 2.15. The Morgan fingerprint density at radius 3 is 2.85 bits per heavy atom. The normalized spacial score (nSPS) is 14.8. The smallest absolute Gasteiger partial charge is 0.129 e. The zero-order valence-corrected chi connectivity index (χ0v) is 14.8. The van der Waals surface area contributed by atoms with Gasteiger partial charge in [-0.15, -0.1) is 11.3 Å². The number of fused-ring (bicyclic) bond motifs is 1. The second kappa shape index (κ2) is 6.47. The molecule has 0 bridgehead atoms. The van der Waals surface area contributed by atoms with E-state index in [0.717, 1.165) is 64.9 Å². The van der Waals surface area contributed by atoms with Gasteiger partial charge in [0.05, 0.1) is 33.5 Å². The molecule has 0 spiro atoms. The number of piperazine rings is 1. The molecular formula is C18H17N7S. The highest BCUT2D eigenvalue weighted by atomic mass is 32.1. The summed E-state index contributed by atoms with van der Waals surface area (Å²) < 4.78 is 0. The van der Waals surface area contributed by atoms with Crippen molar-refractivity contribution in [1.29, 1.82) is 0 Å². The fourth-order valence-electron chi connectivity index (χ4n) is 3.21. The molecule has 1 saturated heterocycles. The fourth-order valence-corrected chi connectivity index (χ4v) is 3.80. The van der Waals surface area contributed by atoms with Crippen LogP contribution in [0.3, 0.4) is 0 Å². The van der Waals surface area contributed by atoms with Gasteiger partial charge in [-0.1, -0.05) is 6.07 Å². The van der Waals surface area contributed by atoms with Crippen LogP contribution in [0.2, 0.25) is 0 Å². The molecule has 4 aromatic heterocycles. The Morgan fingerprint density at radius 1 is 1.08 bits per heavy atom. The SMILES string of the molecule is c1cc(-c2n[nH]c3cnc(-c4cncs4)cc23)nc(N2CCNCC2)c1. The Bertz CT molecular complexity index is 1030. The van der Waals surface area contributed by atoms with Crippen LogP contribution < -0.4 is 10.2 Å². The van der Waals surface area contributed by atoms with Crippen molar-refractivity contribution in [2.75, 3.05) is 31.1 Å². The summed E-state index contributed by atoms with van der Waals surface area (Å²) in [6, 6.07) is 8.18. The minimum atomic E-state index is 0.852. The minimum absolute atomic E-state index is 0.852. The first-order valence-corrected chi connectivity index (χ1v) is 9.42. The third kappa shape index (κ3) is 2.73. The van der Waals surface area contributed by atoms with Crippen molar-refractivity contribution in [1.82, 2.24) is 30.5 Å². The first kappa shape index (κ1) is 15.4. The quantitative estimate of drug-likeness (QED) is 0.582. The van der Waals surface area contributed by atoms with E-state index < -0.39 is 0 Å². The van der Waals surface area contributed by atoms with Gasteiger partial charge in [-0.25, -0.2) is 4.98 Å². The topological polar surface area (TPSA) is 82.6 Å². The van der Waals surface area contributed by atoms with Crippen LogP contribution in [0.25, 0.3) is 32.9 Å². The molecular weight excluding hydrogens is 346 g/mol. The van der Waals surface area contributed by atoms with Crippen molar-refractivity contribution in [2.45, 2.75) is 0 Å². The molecule has 5 heterocycles. The summed E-state index contributed by atoms with van der Waals surface area (Å²) in [5.74, 6) is 0.997. The van der Waals surface area contributed by atoms with Gasteiger partial charge in [0, 0.05) is 37.8 Å². The maximum Gasteiger partial charge on any atom is 0.129 e. The molecule has 0 amide bonds. The molecule has 0 aromatic carbocycles. The lowest BCUT2D eigenvalue weighted by Crippen LogP contribution is -2.43. The van der Waals surface area contributed by atoms with Gasteiger partial charge in [-0.3, -0.25) is 15.1 Å². The number of H-pyrrole nitrogens is 1. The van der Waals surface area contributed by atoms with Gasteiger partial charge >= 0.3 is 0 Å². The predicted molar refractivity (Wildman–Crippen MR) is 103 cm³/mol. The summed E-state index contributed by atoms with van der Waals surface area (Å²) in [5, 5.41) is 12.0. The lowest BCUT2D eigenvalue weighted by atomic mass is 10.1.